The highest BCUT2D eigenvalue weighted by Crippen LogP contribution is 2.40. The van der Waals surface area contributed by atoms with Gasteiger partial charge in [-0.3, -0.25) is 14.9 Å². The third-order valence-corrected chi connectivity index (χ3v) is 6.50. The van der Waals surface area contributed by atoms with E-state index in [1.807, 2.05) is 30.3 Å². The Kier molecular flexibility index (Phi) is 7.48. The Hall–Kier alpha value is -2.41. The van der Waals surface area contributed by atoms with Gasteiger partial charge in [0.05, 0.1) is 13.2 Å². The molecule has 7 heteroatoms. The summed E-state index contributed by atoms with van der Waals surface area (Å²) in [6.07, 6.45) is 5.60. The van der Waals surface area contributed by atoms with Gasteiger partial charge in [-0.15, -0.1) is 0 Å². The molecular weight excluding hydrogens is 384 g/mol. The minimum Gasteiger partial charge on any atom is -0.480 e. The highest BCUT2D eigenvalue weighted by atomic mass is 16.5. The molecule has 1 aliphatic carbocycles. The van der Waals surface area contributed by atoms with Crippen LogP contribution in [0.1, 0.15) is 51.0 Å². The van der Waals surface area contributed by atoms with Crippen molar-refractivity contribution in [1.82, 2.24) is 10.2 Å². The Bertz CT molecular complexity index is 753. The molecule has 2 N–H and O–H groups in total. The first-order chi connectivity index (χ1) is 14.4. The first-order valence-corrected chi connectivity index (χ1v) is 10.8. The van der Waals surface area contributed by atoms with Crippen LogP contribution in [0, 0.1) is 5.92 Å². The molecule has 3 rings (SSSR count). The van der Waals surface area contributed by atoms with E-state index in [1.54, 1.807) is 11.8 Å². The number of carbonyl (C=O) groups is 3. The molecule has 1 amide bonds. The molecule has 2 fully saturated rings. The number of carboxylic acids is 1. The van der Waals surface area contributed by atoms with Crippen molar-refractivity contribution in [1.29, 1.82) is 0 Å². The number of fused-ring (bicyclic) bond motifs is 1. The van der Waals surface area contributed by atoms with Gasteiger partial charge in [-0.25, -0.2) is 4.79 Å². The number of carboxylic acid groups (broad SMARTS) is 1. The van der Waals surface area contributed by atoms with Crippen molar-refractivity contribution < 1.29 is 24.2 Å². The summed E-state index contributed by atoms with van der Waals surface area (Å²) >= 11 is 0. The maximum absolute atomic E-state index is 13.3. The van der Waals surface area contributed by atoms with Crippen molar-refractivity contribution in [3.05, 3.63) is 35.9 Å². The number of hydrogen-bond donors (Lipinski definition) is 2. The summed E-state index contributed by atoms with van der Waals surface area (Å²) < 4.78 is 4.93. The van der Waals surface area contributed by atoms with E-state index >= 15 is 0 Å². The summed E-state index contributed by atoms with van der Waals surface area (Å²) in [6.45, 7) is 1.70. The average molecular weight is 417 g/mol. The molecule has 7 nitrogen and oxygen atoms in total. The molecule has 30 heavy (non-hydrogen) atoms. The molecule has 164 valence electrons. The summed E-state index contributed by atoms with van der Waals surface area (Å²) in [4.78, 5) is 39.0. The van der Waals surface area contributed by atoms with Crippen LogP contribution in [0.4, 0.5) is 0 Å². The van der Waals surface area contributed by atoms with Crippen LogP contribution in [-0.4, -0.2) is 59.1 Å². The maximum Gasteiger partial charge on any atom is 0.326 e. The van der Waals surface area contributed by atoms with E-state index in [-0.39, 0.29) is 17.9 Å². The highest BCUT2D eigenvalue weighted by Gasteiger charge is 2.48. The van der Waals surface area contributed by atoms with Crippen LogP contribution in [0.2, 0.25) is 0 Å². The number of nitrogens with zero attached hydrogens (tertiary/aromatic N) is 1. The van der Waals surface area contributed by atoms with Gasteiger partial charge in [-0.1, -0.05) is 43.2 Å². The summed E-state index contributed by atoms with van der Waals surface area (Å²) in [5.41, 5.74) is 1.10. The number of methoxy groups -OCH3 is 1. The van der Waals surface area contributed by atoms with Gasteiger partial charge in [-0.2, -0.15) is 0 Å². The zero-order valence-corrected chi connectivity index (χ0v) is 17.8. The van der Waals surface area contributed by atoms with Crippen LogP contribution in [-0.2, 0) is 25.5 Å². The first kappa shape index (κ1) is 22.3. The second kappa shape index (κ2) is 10.1. The zero-order valence-electron chi connectivity index (χ0n) is 17.8. The number of hydrogen-bond acceptors (Lipinski definition) is 5. The lowest BCUT2D eigenvalue weighted by atomic mass is 9.84. The van der Waals surface area contributed by atoms with Gasteiger partial charge in [0.25, 0.3) is 0 Å². The molecule has 3 unspecified atom stereocenters. The topological polar surface area (TPSA) is 95.9 Å². The van der Waals surface area contributed by atoms with Gasteiger partial charge in [0.1, 0.15) is 12.1 Å². The van der Waals surface area contributed by atoms with Gasteiger partial charge in [-0.05, 0) is 50.5 Å². The summed E-state index contributed by atoms with van der Waals surface area (Å²) in [5, 5.41) is 12.8. The number of aliphatic carboxylic acids is 1. The molecule has 1 aliphatic heterocycles. The van der Waals surface area contributed by atoms with Crippen LogP contribution in [0.25, 0.3) is 0 Å². The Morgan fingerprint density at radius 3 is 2.57 bits per heavy atom. The summed E-state index contributed by atoms with van der Waals surface area (Å²) in [6, 6.07) is 7.71. The molecule has 2 aliphatic rings. The normalized spacial score (nSPS) is 25.3. The third-order valence-electron chi connectivity index (χ3n) is 6.50. The second-order valence-corrected chi connectivity index (χ2v) is 8.44. The SMILES string of the molecule is COC(=O)[C@H](CCc1ccccc1)NC(C)C(=O)N1C2CCCCC2C[C@H]1C(=O)O. The fourth-order valence-electron chi connectivity index (χ4n) is 4.96. The van der Waals surface area contributed by atoms with E-state index in [0.717, 1.165) is 31.2 Å². The molecule has 1 saturated carbocycles. The molecule has 1 heterocycles. The van der Waals surface area contributed by atoms with Crippen LogP contribution in [0.5, 0.6) is 0 Å². The lowest BCUT2D eigenvalue weighted by Crippen LogP contribution is -2.55. The van der Waals surface area contributed by atoms with Gasteiger partial charge in [0.15, 0.2) is 0 Å². The largest absolute Gasteiger partial charge is 0.480 e. The van der Waals surface area contributed by atoms with Crippen LogP contribution in [0.3, 0.4) is 0 Å². The minimum atomic E-state index is -0.946. The summed E-state index contributed by atoms with van der Waals surface area (Å²) in [7, 11) is 1.33. The molecule has 5 atom stereocenters. The van der Waals surface area contributed by atoms with Crippen molar-refractivity contribution in [3.63, 3.8) is 0 Å². The summed E-state index contributed by atoms with van der Waals surface area (Å²) in [5.74, 6) is -1.35. The van der Waals surface area contributed by atoms with Crippen molar-refractivity contribution in [2.75, 3.05) is 7.11 Å². The van der Waals surface area contributed by atoms with Gasteiger partial charge in [0.2, 0.25) is 5.91 Å². The van der Waals surface area contributed by atoms with E-state index in [9.17, 15) is 19.5 Å². The number of nitrogens with one attached hydrogen (secondary N) is 1. The van der Waals surface area contributed by atoms with Crippen molar-refractivity contribution in [2.24, 2.45) is 5.92 Å². The number of carbonyl (C=O) groups excluding carboxylic acids is 2. The molecule has 0 aromatic heterocycles. The first-order valence-electron chi connectivity index (χ1n) is 10.8. The molecule has 1 aromatic carbocycles. The number of rotatable bonds is 8. The average Bonchev–Trinajstić information content (AvgIpc) is 3.16. The van der Waals surface area contributed by atoms with Crippen molar-refractivity contribution in [2.45, 2.75) is 76.0 Å². The van der Waals surface area contributed by atoms with Crippen molar-refractivity contribution >= 4 is 17.8 Å². The second-order valence-electron chi connectivity index (χ2n) is 8.44. The Balaban J connectivity index is 1.68. The predicted molar refractivity (Wildman–Crippen MR) is 112 cm³/mol. The predicted octanol–water partition coefficient (Wildman–Crippen LogP) is 2.38. The molecule has 0 radical (unpaired) electrons. The van der Waals surface area contributed by atoms with E-state index in [0.29, 0.717) is 19.3 Å². The monoisotopic (exact) mass is 416 g/mol. The van der Waals surface area contributed by atoms with Crippen molar-refractivity contribution in [3.8, 4) is 0 Å². The third kappa shape index (κ3) is 5.01. The lowest BCUT2D eigenvalue weighted by molar-refractivity contribution is -0.151. The molecular formula is C23H32N2O5. The Morgan fingerprint density at radius 2 is 1.90 bits per heavy atom. The fraction of sp³-hybridized carbons (Fsp3) is 0.609. The number of ether oxygens (including phenoxy) is 1. The number of esters is 1. The maximum atomic E-state index is 13.3. The van der Waals surface area contributed by atoms with Gasteiger partial charge < -0.3 is 14.7 Å². The minimum absolute atomic E-state index is 0.0162. The quantitative estimate of drug-likeness (QED) is 0.632. The molecule has 1 aromatic rings. The lowest BCUT2D eigenvalue weighted by Gasteiger charge is -2.35. The molecule has 0 bridgehead atoms. The Morgan fingerprint density at radius 1 is 1.20 bits per heavy atom. The Labute approximate surface area is 177 Å². The zero-order chi connectivity index (χ0) is 21.7. The van der Waals surface area contributed by atoms with E-state index in [2.05, 4.69) is 5.32 Å². The number of amides is 1. The number of likely N-dealkylation sites (tertiary alicyclic amines) is 1. The van der Waals surface area contributed by atoms with Gasteiger partial charge in [0, 0.05) is 6.04 Å². The van der Waals surface area contributed by atoms with Crippen LogP contribution < -0.4 is 5.32 Å². The smallest absolute Gasteiger partial charge is 0.326 e. The van der Waals surface area contributed by atoms with Crippen LogP contribution >= 0.6 is 0 Å². The van der Waals surface area contributed by atoms with Crippen LogP contribution in [0.15, 0.2) is 30.3 Å². The number of benzene rings is 1. The standard InChI is InChI=1S/C23H32N2O5/c1-15(24-18(23(29)30-2)13-12-16-8-4-3-5-9-16)21(26)25-19-11-7-6-10-17(19)14-20(25)22(27)28/h3-5,8-9,15,17-20,24H,6-7,10-14H2,1-2H3,(H,27,28)/t15?,17?,18-,19?,20-/m0/s1. The molecule has 1 saturated heterocycles. The van der Waals surface area contributed by atoms with E-state index in [1.165, 1.54) is 7.11 Å². The van der Waals surface area contributed by atoms with Gasteiger partial charge >= 0.3 is 11.9 Å². The van der Waals surface area contributed by atoms with E-state index < -0.39 is 30.1 Å². The number of aryl methyl sites for hydroxylation is 1. The molecule has 0 spiro atoms. The van der Waals surface area contributed by atoms with E-state index in [4.69, 9.17) is 4.74 Å². The highest BCUT2D eigenvalue weighted by molar-refractivity contribution is 5.88. The fourth-order valence-corrected chi connectivity index (χ4v) is 4.96.